The SMILES string of the molecule is COc1ccc(C(Cl)c2ccccc2C(F)(F)F)cc1Br. The van der Waals surface area contributed by atoms with E-state index in [2.05, 4.69) is 15.9 Å². The summed E-state index contributed by atoms with van der Waals surface area (Å²) in [5, 5.41) is -0.898. The zero-order valence-electron chi connectivity index (χ0n) is 10.9. The Morgan fingerprint density at radius 2 is 1.81 bits per heavy atom. The molecular formula is C15H11BrClF3O. The van der Waals surface area contributed by atoms with Gasteiger partial charge in [0.2, 0.25) is 0 Å². The monoisotopic (exact) mass is 378 g/mol. The average molecular weight is 380 g/mol. The van der Waals surface area contributed by atoms with Crippen LogP contribution in [0.2, 0.25) is 0 Å². The molecule has 0 saturated heterocycles. The van der Waals surface area contributed by atoms with Gasteiger partial charge in [0.05, 0.1) is 22.5 Å². The van der Waals surface area contributed by atoms with Crippen LogP contribution in [0.3, 0.4) is 0 Å². The molecule has 0 fully saturated rings. The second-order valence-electron chi connectivity index (χ2n) is 4.34. The zero-order chi connectivity index (χ0) is 15.6. The number of alkyl halides is 4. The van der Waals surface area contributed by atoms with Crippen molar-refractivity contribution in [1.29, 1.82) is 0 Å². The summed E-state index contributed by atoms with van der Waals surface area (Å²) in [5.41, 5.74) is -0.137. The van der Waals surface area contributed by atoms with Gasteiger partial charge in [-0.2, -0.15) is 13.2 Å². The molecule has 21 heavy (non-hydrogen) atoms. The number of methoxy groups -OCH3 is 1. The standard InChI is InChI=1S/C15H11BrClF3O/c1-21-13-7-6-9(8-12(13)16)14(17)10-4-2-3-5-11(10)15(18,19)20/h2-8,14H,1H3. The van der Waals surface area contributed by atoms with Crippen molar-refractivity contribution in [3.63, 3.8) is 0 Å². The second kappa shape index (κ2) is 6.28. The smallest absolute Gasteiger partial charge is 0.416 e. The lowest BCUT2D eigenvalue weighted by atomic mass is 9.99. The Labute approximate surface area is 133 Å². The van der Waals surface area contributed by atoms with Crippen LogP contribution in [0, 0.1) is 0 Å². The predicted molar refractivity (Wildman–Crippen MR) is 79.8 cm³/mol. The third-order valence-electron chi connectivity index (χ3n) is 3.01. The summed E-state index contributed by atoms with van der Waals surface area (Å²) in [6.45, 7) is 0. The van der Waals surface area contributed by atoms with E-state index in [1.165, 1.54) is 19.2 Å². The molecule has 0 radical (unpaired) electrons. The molecule has 0 heterocycles. The van der Waals surface area contributed by atoms with Gasteiger partial charge in [-0.1, -0.05) is 24.3 Å². The molecule has 0 bridgehead atoms. The maximum absolute atomic E-state index is 13.0. The normalized spacial score (nSPS) is 13.0. The summed E-state index contributed by atoms with van der Waals surface area (Å²) in [4.78, 5) is 0. The molecule has 2 aromatic carbocycles. The van der Waals surface area contributed by atoms with Gasteiger partial charge in [0.1, 0.15) is 5.75 Å². The molecule has 1 atom stereocenters. The molecule has 2 aromatic rings. The van der Waals surface area contributed by atoms with E-state index in [4.69, 9.17) is 16.3 Å². The Balaban J connectivity index is 2.45. The van der Waals surface area contributed by atoms with E-state index >= 15 is 0 Å². The Morgan fingerprint density at radius 1 is 1.14 bits per heavy atom. The zero-order valence-corrected chi connectivity index (χ0v) is 13.3. The van der Waals surface area contributed by atoms with Crippen LogP contribution in [0.1, 0.15) is 22.1 Å². The molecule has 0 aliphatic heterocycles. The van der Waals surface area contributed by atoms with Gasteiger partial charge in [0, 0.05) is 0 Å². The summed E-state index contributed by atoms with van der Waals surface area (Å²) < 4.78 is 44.8. The van der Waals surface area contributed by atoms with E-state index in [0.29, 0.717) is 15.8 Å². The molecule has 1 unspecified atom stereocenters. The summed E-state index contributed by atoms with van der Waals surface area (Å²) in [6.07, 6.45) is -4.44. The molecule has 0 spiro atoms. The number of benzene rings is 2. The van der Waals surface area contributed by atoms with Gasteiger partial charge in [-0.05, 0) is 45.3 Å². The first-order chi connectivity index (χ1) is 9.84. The van der Waals surface area contributed by atoms with E-state index in [1.807, 2.05) is 0 Å². The van der Waals surface area contributed by atoms with Crippen molar-refractivity contribution < 1.29 is 17.9 Å². The molecule has 0 amide bonds. The van der Waals surface area contributed by atoms with Crippen LogP contribution in [-0.2, 0) is 6.18 Å². The largest absolute Gasteiger partial charge is 0.496 e. The second-order valence-corrected chi connectivity index (χ2v) is 5.63. The number of hydrogen-bond acceptors (Lipinski definition) is 1. The fraction of sp³-hybridized carbons (Fsp3) is 0.200. The maximum Gasteiger partial charge on any atom is 0.416 e. The van der Waals surface area contributed by atoms with Gasteiger partial charge in [0.15, 0.2) is 0 Å². The highest BCUT2D eigenvalue weighted by Crippen LogP contribution is 2.40. The molecule has 1 nitrogen and oxygen atoms in total. The van der Waals surface area contributed by atoms with Gasteiger partial charge in [-0.3, -0.25) is 0 Å². The number of hydrogen-bond donors (Lipinski definition) is 0. The third kappa shape index (κ3) is 3.52. The van der Waals surface area contributed by atoms with Crippen LogP contribution in [-0.4, -0.2) is 7.11 Å². The van der Waals surface area contributed by atoms with Crippen LogP contribution in [0.25, 0.3) is 0 Å². The van der Waals surface area contributed by atoms with Gasteiger partial charge in [0.25, 0.3) is 0 Å². The Hall–Kier alpha value is -1.20. The van der Waals surface area contributed by atoms with Crippen molar-refractivity contribution in [2.24, 2.45) is 0 Å². The van der Waals surface area contributed by atoms with Crippen LogP contribution in [0.15, 0.2) is 46.9 Å². The lowest BCUT2D eigenvalue weighted by Crippen LogP contribution is -2.10. The number of halogens is 5. The lowest BCUT2D eigenvalue weighted by molar-refractivity contribution is -0.138. The Kier molecular flexibility index (Phi) is 4.84. The highest BCUT2D eigenvalue weighted by Gasteiger charge is 2.34. The molecule has 0 saturated carbocycles. The van der Waals surface area contributed by atoms with Crippen molar-refractivity contribution in [3.05, 3.63) is 63.6 Å². The maximum atomic E-state index is 13.0. The van der Waals surface area contributed by atoms with E-state index in [-0.39, 0.29) is 5.56 Å². The molecule has 0 aliphatic rings. The minimum Gasteiger partial charge on any atom is -0.496 e. The van der Waals surface area contributed by atoms with Crippen LogP contribution >= 0.6 is 27.5 Å². The average Bonchev–Trinajstić information content (AvgIpc) is 2.45. The van der Waals surface area contributed by atoms with E-state index in [0.717, 1.165) is 6.07 Å². The van der Waals surface area contributed by atoms with Crippen molar-refractivity contribution in [2.75, 3.05) is 7.11 Å². The molecule has 112 valence electrons. The van der Waals surface area contributed by atoms with E-state index in [1.54, 1.807) is 24.3 Å². The Morgan fingerprint density at radius 3 is 2.38 bits per heavy atom. The highest BCUT2D eigenvalue weighted by atomic mass is 79.9. The van der Waals surface area contributed by atoms with E-state index in [9.17, 15) is 13.2 Å². The number of rotatable bonds is 3. The molecule has 2 rings (SSSR count). The molecule has 0 aliphatic carbocycles. The van der Waals surface area contributed by atoms with Gasteiger partial charge < -0.3 is 4.74 Å². The first-order valence-corrected chi connectivity index (χ1v) is 7.21. The van der Waals surface area contributed by atoms with Crippen molar-refractivity contribution in [2.45, 2.75) is 11.6 Å². The summed E-state index contributed by atoms with van der Waals surface area (Å²) in [5.74, 6) is 0.590. The first kappa shape index (κ1) is 16.2. The predicted octanol–water partition coefficient (Wildman–Crippen LogP) is 5.80. The summed E-state index contributed by atoms with van der Waals surface area (Å²) >= 11 is 9.55. The quantitative estimate of drug-likeness (QED) is 0.612. The Bertz CT molecular complexity index is 643. The molecular weight excluding hydrogens is 369 g/mol. The molecule has 0 N–H and O–H groups in total. The lowest BCUT2D eigenvalue weighted by Gasteiger charge is -2.17. The van der Waals surface area contributed by atoms with E-state index < -0.39 is 17.1 Å². The number of ether oxygens (including phenoxy) is 1. The minimum atomic E-state index is -4.44. The van der Waals surface area contributed by atoms with Crippen molar-refractivity contribution in [1.82, 2.24) is 0 Å². The molecule has 0 aromatic heterocycles. The van der Waals surface area contributed by atoms with Crippen LogP contribution in [0.4, 0.5) is 13.2 Å². The molecule has 6 heteroatoms. The van der Waals surface area contributed by atoms with Gasteiger partial charge in [-0.15, -0.1) is 11.6 Å². The van der Waals surface area contributed by atoms with Crippen LogP contribution < -0.4 is 4.74 Å². The van der Waals surface area contributed by atoms with Gasteiger partial charge >= 0.3 is 6.18 Å². The summed E-state index contributed by atoms with van der Waals surface area (Å²) in [7, 11) is 1.51. The van der Waals surface area contributed by atoms with Crippen molar-refractivity contribution >= 4 is 27.5 Å². The fourth-order valence-corrected chi connectivity index (χ4v) is 2.88. The van der Waals surface area contributed by atoms with Gasteiger partial charge in [-0.25, -0.2) is 0 Å². The third-order valence-corrected chi connectivity index (χ3v) is 4.11. The fourth-order valence-electron chi connectivity index (χ4n) is 2.00. The topological polar surface area (TPSA) is 9.23 Å². The summed E-state index contributed by atoms with van der Waals surface area (Å²) in [6, 6.07) is 10.3. The minimum absolute atomic E-state index is 0.0312. The highest BCUT2D eigenvalue weighted by molar-refractivity contribution is 9.10. The first-order valence-electron chi connectivity index (χ1n) is 5.98. The van der Waals surface area contributed by atoms with Crippen LogP contribution in [0.5, 0.6) is 5.75 Å². The van der Waals surface area contributed by atoms with Crippen molar-refractivity contribution in [3.8, 4) is 5.75 Å².